The van der Waals surface area contributed by atoms with Crippen LogP contribution in [0.25, 0.3) is 32.3 Å². The standard InChI is InChI=1S/C46H40N2/c1-31(2)33-18-24-39(25-19-33)47(37-14-7-5-8-15-37)43-30-44(42-29-23-36-13-11-12-35-22-28-41(43)46(42)45(35)36)48(38-16-9-6-10-17-38)40-26-20-34(21-27-40)32(3)4/h5-32H,1-4H3. The summed E-state index contributed by atoms with van der Waals surface area (Å²) in [5.74, 6) is 0.929. The van der Waals surface area contributed by atoms with Gasteiger partial charge in [-0.25, -0.2) is 0 Å². The van der Waals surface area contributed by atoms with Gasteiger partial charge in [-0.15, -0.1) is 0 Å². The molecule has 0 spiro atoms. The minimum atomic E-state index is 0.465. The van der Waals surface area contributed by atoms with Crippen molar-refractivity contribution < 1.29 is 0 Å². The van der Waals surface area contributed by atoms with Crippen molar-refractivity contribution in [1.29, 1.82) is 0 Å². The molecule has 8 rings (SSSR count). The molecule has 8 aromatic carbocycles. The van der Waals surface area contributed by atoms with Crippen LogP contribution in [0.4, 0.5) is 34.1 Å². The van der Waals surface area contributed by atoms with Gasteiger partial charge < -0.3 is 9.80 Å². The van der Waals surface area contributed by atoms with E-state index in [-0.39, 0.29) is 0 Å². The molecule has 0 saturated heterocycles. The topological polar surface area (TPSA) is 6.48 Å². The van der Waals surface area contributed by atoms with E-state index >= 15 is 0 Å². The van der Waals surface area contributed by atoms with Gasteiger partial charge in [0.1, 0.15) is 0 Å². The fourth-order valence-corrected chi connectivity index (χ4v) is 7.19. The van der Waals surface area contributed by atoms with Crippen molar-refractivity contribution in [3.63, 3.8) is 0 Å². The third kappa shape index (κ3) is 5.15. The molecule has 48 heavy (non-hydrogen) atoms. The highest BCUT2D eigenvalue weighted by Gasteiger charge is 2.24. The van der Waals surface area contributed by atoms with Crippen LogP contribution in [0.3, 0.4) is 0 Å². The molecule has 8 aromatic rings. The Morgan fingerprint density at radius 2 is 0.750 bits per heavy atom. The Hall–Kier alpha value is -5.60. The zero-order chi connectivity index (χ0) is 32.8. The van der Waals surface area contributed by atoms with E-state index in [1.807, 2.05) is 0 Å². The highest BCUT2D eigenvalue weighted by molar-refractivity contribution is 6.28. The van der Waals surface area contributed by atoms with Gasteiger partial charge in [0.25, 0.3) is 0 Å². The molecule has 2 nitrogen and oxygen atoms in total. The van der Waals surface area contributed by atoms with Crippen LogP contribution in [0.2, 0.25) is 0 Å². The molecule has 0 aliphatic rings. The maximum atomic E-state index is 2.44. The number of nitrogens with zero attached hydrogens (tertiary/aromatic N) is 2. The molecule has 234 valence electrons. The summed E-state index contributed by atoms with van der Waals surface area (Å²) >= 11 is 0. The average Bonchev–Trinajstić information content (AvgIpc) is 3.13. The number of rotatable bonds is 8. The lowest BCUT2D eigenvalue weighted by Gasteiger charge is -2.32. The van der Waals surface area contributed by atoms with Gasteiger partial charge in [-0.3, -0.25) is 0 Å². The summed E-state index contributed by atoms with van der Waals surface area (Å²) in [6, 6.07) is 58.1. The van der Waals surface area contributed by atoms with Crippen LogP contribution in [0, 0.1) is 0 Å². The van der Waals surface area contributed by atoms with Gasteiger partial charge in [-0.1, -0.05) is 131 Å². The Bertz CT molecular complexity index is 2160. The fraction of sp³-hybridized carbons (Fsp3) is 0.130. The Labute approximate surface area is 283 Å². The minimum absolute atomic E-state index is 0.465. The first kappa shape index (κ1) is 29.8. The monoisotopic (exact) mass is 620 g/mol. The molecule has 0 heterocycles. The summed E-state index contributed by atoms with van der Waals surface area (Å²) in [7, 11) is 0. The number of para-hydroxylation sites is 2. The highest BCUT2D eigenvalue weighted by atomic mass is 15.2. The first-order chi connectivity index (χ1) is 23.5. The van der Waals surface area contributed by atoms with E-state index in [4.69, 9.17) is 0 Å². The summed E-state index contributed by atoms with van der Waals surface area (Å²) in [5.41, 5.74) is 9.51. The van der Waals surface area contributed by atoms with Crippen molar-refractivity contribution in [1.82, 2.24) is 0 Å². The number of hydrogen-bond acceptors (Lipinski definition) is 2. The van der Waals surface area contributed by atoms with Gasteiger partial charge >= 0.3 is 0 Å². The van der Waals surface area contributed by atoms with Crippen LogP contribution >= 0.6 is 0 Å². The summed E-state index contributed by atoms with van der Waals surface area (Å²) in [6.07, 6.45) is 0. The predicted octanol–water partition coefficient (Wildman–Crippen LogP) is 13.8. The van der Waals surface area contributed by atoms with E-state index in [1.165, 1.54) is 43.4 Å². The van der Waals surface area contributed by atoms with Gasteiger partial charge in [-0.2, -0.15) is 0 Å². The van der Waals surface area contributed by atoms with Crippen molar-refractivity contribution in [2.24, 2.45) is 0 Å². The normalized spacial score (nSPS) is 11.7. The molecule has 0 amide bonds. The molecular weight excluding hydrogens is 581 g/mol. The molecule has 0 N–H and O–H groups in total. The molecule has 0 saturated carbocycles. The van der Waals surface area contributed by atoms with E-state index in [1.54, 1.807) is 0 Å². The van der Waals surface area contributed by atoms with Crippen LogP contribution in [-0.2, 0) is 0 Å². The zero-order valence-electron chi connectivity index (χ0n) is 28.1. The zero-order valence-corrected chi connectivity index (χ0v) is 28.1. The second kappa shape index (κ2) is 12.2. The molecule has 0 unspecified atom stereocenters. The van der Waals surface area contributed by atoms with Crippen LogP contribution in [-0.4, -0.2) is 0 Å². The third-order valence-corrected chi connectivity index (χ3v) is 9.75. The van der Waals surface area contributed by atoms with E-state index in [2.05, 4.69) is 195 Å². The van der Waals surface area contributed by atoms with E-state index in [9.17, 15) is 0 Å². The SMILES string of the molecule is CC(C)c1ccc(N(c2ccccc2)c2cc(N(c3ccccc3)c3ccc(C(C)C)cc3)c3ccc4cccc5ccc2c3c54)cc1. The first-order valence-electron chi connectivity index (χ1n) is 17.1. The van der Waals surface area contributed by atoms with Crippen LogP contribution in [0.1, 0.15) is 50.7 Å². The third-order valence-electron chi connectivity index (χ3n) is 9.75. The Morgan fingerprint density at radius 3 is 1.15 bits per heavy atom. The van der Waals surface area contributed by atoms with Gasteiger partial charge in [0, 0.05) is 38.9 Å². The largest absolute Gasteiger partial charge is 0.310 e. The summed E-state index contributed by atoms with van der Waals surface area (Å²) < 4.78 is 0. The van der Waals surface area contributed by atoms with Crippen molar-refractivity contribution in [2.45, 2.75) is 39.5 Å². The van der Waals surface area contributed by atoms with Crippen molar-refractivity contribution in [3.8, 4) is 0 Å². The van der Waals surface area contributed by atoms with Crippen LogP contribution in [0.5, 0.6) is 0 Å². The van der Waals surface area contributed by atoms with Gasteiger partial charge in [0.05, 0.1) is 11.4 Å². The lowest BCUT2D eigenvalue weighted by atomic mass is 9.91. The molecule has 0 radical (unpaired) electrons. The number of anilines is 6. The average molecular weight is 621 g/mol. The lowest BCUT2D eigenvalue weighted by Crippen LogP contribution is -2.14. The van der Waals surface area contributed by atoms with Crippen molar-refractivity contribution in [2.75, 3.05) is 9.80 Å². The molecule has 0 bridgehead atoms. The van der Waals surface area contributed by atoms with Crippen LogP contribution < -0.4 is 9.80 Å². The van der Waals surface area contributed by atoms with Crippen LogP contribution in [0.15, 0.2) is 158 Å². The molecule has 0 atom stereocenters. The Kier molecular flexibility index (Phi) is 7.57. The smallest absolute Gasteiger partial charge is 0.0561 e. The van der Waals surface area contributed by atoms with E-state index < -0.39 is 0 Å². The Balaban J connectivity index is 1.48. The predicted molar refractivity (Wildman–Crippen MR) is 208 cm³/mol. The van der Waals surface area contributed by atoms with Crippen molar-refractivity contribution >= 4 is 66.4 Å². The van der Waals surface area contributed by atoms with Crippen molar-refractivity contribution in [3.05, 3.63) is 169 Å². The summed E-state index contributed by atoms with van der Waals surface area (Å²) in [5, 5.41) is 7.58. The second-order valence-corrected chi connectivity index (χ2v) is 13.4. The maximum absolute atomic E-state index is 2.44. The first-order valence-corrected chi connectivity index (χ1v) is 17.1. The maximum Gasteiger partial charge on any atom is 0.0561 e. The fourth-order valence-electron chi connectivity index (χ4n) is 7.19. The second-order valence-electron chi connectivity index (χ2n) is 13.4. The molecule has 0 aromatic heterocycles. The summed E-state index contributed by atoms with van der Waals surface area (Å²) in [6.45, 7) is 9.01. The number of hydrogen-bond donors (Lipinski definition) is 0. The Morgan fingerprint density at radius 1 is 0.354 bits per heavy atom. The van der Waals surface area contributed by atoms with Gasteiger partial charge in [-0.05, 0) is 93.7 Å². The van der Waals surface area contributed by atoms with E-state index in [0.717, 1.165) is 34.1 Å². The van der Waals surface area contributed by atoms with Gasteiger partial charge in [0.15, 0.2) is 0 Å². The molecule has 0 aliphatic carbocycles. The highest BCUT2D eigenvalue weighted by Crippen LogP contribution is 2.50. The minimum Gasteiger partial charge on any atom is -0.310 e. The molecular formula is C46H40N2. The van der Waals surface area contributed by atoms with E-state index in [0.29, 0.717) is 11.8 Å². The molecule has 0 fully saturated rings. The molecule has 0 aliphatic heterocycles. The summed E-state index contributed by atoms with van der Waals surface area (Å²) in [4.78, 5) is 4.87. The lowest BCUT2D eigenvalue weighted by molar-refractivity contribution is 0.866. The van der Waals surface area contributed by atoms with Gasteiger partial charge in [0.2, 0.25) is 0 Å². The quantitative estimate of drug-likeness (QED) is 0.156. The number of benzene rings is 8. The molecule has 2 heteroatoms.